The van der Waals surface area contributed by atoms with Gasteiger partial charge in [0.05, 0.1) is 6.10 Å². The Labute approximate surface area is 138 Å². The first-order valence-electron chi connectivity index (χ1n) is 7.90. The quantitative estimate of drug-likeness (QED) is 0.748. The molecule has 0 amide bonds. The highest BCUT2D eigenvalue weighted by molar-refractivity contribution is 5.69. The van der Waals surface area contributed by atoms with Crippen LogP contribution in [-0.2, 0) is 4.74 Å². The standard InChI is InChI=1S/C20H23NO2/c1-2-23-15-13-20(22)12-11-18-7-5-17(6-8-18)9-10-19-4-3-14-21-16-19/h3-12,14,16,20,22H,2,13,15H2,1H3/b10-9+,12-11+. The van der Waals surface area contributed by atoms with Gasteiger partial charge >= 0.3 is 0 Å². The second-order valence-corrected chi connectivity index (χ2v) is 5.20. The molecule has 0 saturated carbocycles. The van der Waals surface area contributed by atoms with Crippen molar-refractivity contribution in [1.29, 1.82) is 0 Å². The van der Waals surface area contributed by atoms with Crippen molar-refractivity contribution >= 4 is 18.2 Å². The maximum atomic E-state index is 9.82. The van der Waals surface area contributed by atoms with Gasteiger partial charge in [-0.25, -0.2) is 0 Å². The van der Waals surface area contributed by atoms with Crippen LogP contribution in [0.3, 0.4) is 0 Å². The SMILES string of the molecule is CCOCCC(O)/C=C/c1ccc(/C=C/c2cccnc2)cc1. The van der Waals surface area contributed by atoms with Crippen LogP contribution < -0.4 is 0 Å². The molecule has 2 rings (SSSR count). The van der Waals surface area contributed by atoms with E-state index in [2.05, 4.69) is 23.2 Å². The highest BCUT2D eigenvalue weighted by Crippen LogP contribution is 2.11. The number of rotatable bonds is 8. The van der Waals surface area contributed by atoms with Crippen LogP contribution in [0.2, 0.25) is 0 Å². The number of aromatic nitrogens is 1. The molecule has 120 valence electrons. The van der Waals surface area contributed by atoms with Gasteiger partial charge in [0.25, 0.3) is 0 Å². The molecule has 0 radical (unpaired) electrons. The summed E-state index contributed by atoms with van der Waals surface area (Å²) < 4.78 is 5.23. The van der Waals surface area contributed by atoms with Gasteiger partial charge in [0, 0.05) is 32.0 Å². The van der Waals surface area contributed by atoms with Crippen LogP contribution >= 0.6 is 0 Å². The zero-order chi connectivity index (χ0) is 16.3. The molecule has 3 heteroatoms. The van der Waals surface area contributed by atoms with Crippen LogP contribution in [0.5, 0.6) is 0 Å². The first kappa shape index (κ1) is 17.1. The summed E-state index contributed by atoms with van der Waals surface area (Å²) in [4.78, 5) is 4.09. The molecule has 23 heavy (non-hydrogen) atoms. The van der Waals surface area contributed by atoms with E-state index in [0.717, 1.165) is 16.7 Å². The Bertz CT molecular complexity index is 618. The number of ether oxygens (including phenoxy) is 1. The van der Waals surface area contributed by atoms with Gasteiger partial charge in [0.15, 0.2) is 0 Å². The molecule has 1 atom stereocenters. The van der Waals surface area contributed by atoms with E-state index in [0.29, 0.717) is 19.6 Å². The number of pyridine rings is 1. The Morgan fingerprint density at radius 3 is 2.39 bits per heavy atom. The summed E-state index contributed by atoms with van der Waals surface area (Å²) >= 11 is 0. The lowest BCUT2D eigenvalue weighted by Crippen LogP contribution is -2.06. The van der Waals surface area contributed by atoms with Gasteiger partial charge in [0.2, 0.25) is 0 Å². The van der Waals surface area contributed by atoms with Crippen molar-refractivity contribution in [3.63, 3.8) is 0 Å². The van der Waals surface area contributed by atoms with Crippen molar-refractivity contribution in [2.45, 2.75) is 19.4 Å². The molecule has 3 nitrogen and oxygen atoms in total. The van der Waals surface area contributed by atoms with Crippen molar-refractivity contribution < 1.29 is 9.84 Å². The molecule has 0 aliphatic carbocycles. The first-order valence-corrected chi connectivity index (χ1v) is 7.90. The van der Waals surface area contributed by atoms with Crippen molar-refractivity contribution in [2.75, 3.05) is 13.2 Å². The second-order valence-electron chi connectivity index (χ2n) is 5.20. The van der Waals surface area contributed by atoms with E-state index in [1.165, 1.54) is 0 Å². The summed E-state index contributed by atoms with van der Waals surface area (Å²) in [5.41, 5.74) is 3.27. The Morgan fingerprint density at radius 1 is 1.04 bits per heavy atom. The predicted molar refractivity (Wildman–Crippen MR) is 95.8 cm³/mol. The fourth-order valence-corrected chi connectivity index (χ4v) is 2.05. The van der Waals surface area contributed by atoms with Gasteiger partial charge in [0.1, 0.15) is 0 Å². The third-order valence-corrected chi connectivity index (χ3v) is 3.36. The summed E-state index contributed by atoms with van der Waals surface area (Å²) in [6.07, 6.45) is 11.6. The third-order valence-electron chi connectivity index (χ3n) is 3.36. The number of hydrogen-bond donors (Lipinski definition) is 1. The minimum Gasteiger partial charge on any atom is -0.389 e. The van der Waals surface area contributed by atoms with Crippen LogP contribution in [0.4, 0.5) is 0 Å². The number of aliphatic hydroxyl groups excluding tert-OH is 1. The molecule has 1 aromatic carbocycles. The Morgan fingerprint density at radius 2 is 1.74 bits per heavy atom. The van der Waals surface area contributed by atoms with Crippen molar-refractivity contribution in [2.24, 2.45) is 0 Å². The highest BCUT2D eigenvalue weighted by Gasteiger charge is 1.98. The summed E-state index contributed by atoms with van der Waals surface area (Å²) in [5.74, 6) is 0. The van der Waals surface area contributed by atoms with Crippen LogP contribution in [-0.4, -0.2) is 29.4 Å². The average Bonchev–Trinajstić information content (AvgIpc) is 2.60. The van der Waals surface area contributed by atoms with E-state index in [-0.39, 0.29) is 0 Å². The van der Waals surface area contributed by atoms with Gasteiger partial charge in [-0.15, -0.1) is 0 Å². The summed E-state index contributed by atoms with van der Waals surface area (Å²) in [5, 5.41) is 9.82. The molecule has 1 aromatic heterocycles. The fraction of sp³-hybridized carbons (Fsp3) is 0.250. The van der Waals surface area contributed by atoms with Gasteiger partial charge < -0.3 is 9.84 Å². The Balaban J connectivity index is 1.88. The zero-order valence-electron chi connectivity index (χ0n) is 13.4. The summed E-state index contributed by atoms with van der Waals surface area (Å²) in [6.45, 7) is 3.22. The van der Waals surface area contributed by atoms with Crippen LogP contribution in [0.15, 0.2) is 54.9 Å². The monoisotopic (exact) mass is 309 g/mol. The molecule has 0 aliphatic rings. The molecule has 0 fully saturated rings. The molecule has 1 N–H and O–H groups in total. The van der Waals surface area contributed by atoms with Crippen LogP contribution in [0.25, 0.3) is 18.2 Å². The molecule has 1 heterocycles. The fourth-order valence-electron chi connectivity index (χ4n) is 2.05. The lowest BCUT2D eigenvalue weighted by Gasteiger charge is -2.05. The maximum absolute atomic E-state index is 9.82. The topological polar surface area (TPSA) is 42.4 Å². The number of hydrogen-bond acceptors (Lipinski definition) is 3. The van der Waals surface area contributed by atoms with Crippen molar-refractivity contribution in [3.8, 4) is 0 Å². The van der Waals surface area contributed by atoms with Crippen LogP contribution in [0.1, 0.15) is 30.0 Å². The molecule has 2 aromatic rings. The summed E-state index contributed by atoms with van der Waals surface area (Å²) in [7, 11) is 0. The normalized spacial score (nSPS) is 13.0. The van der Waals surface area contributed by atoms with Crippen molar-refractivity contribution in [3.05, 3.63) is 71.6 Å². The molecular weight excluding hydrogens is 286 g/mol. The zero-order valence-corrected chi connectivity index (χ0v) is 13.4. The smallest absolute Gasteiger partial charge is 0.0746 e. The maximum Gasteiger partial charge on any atom is 0.0746 e. The minimum atomic E-state index is -0.466. The van der Waals surface area contributed by atoms with Gasteiger partial charge in [-0.1, -0.05) is 54.6 Å². The Hall–Kier alpha value is -2.23. The van der Waals surface area contributed by atoms with E-state index in [1.54, 1.807) is 12.3 Å². The number of nitrogens with zero attached hydrogens (tertiary/aromatic N) is 1. The lowest BCUT2D eigenvalue weighted by atomic mass is 10.1. The largest absolute Gasteiger partial charge is 0.389 e. The molecule has 0 bridgehead atoms. The lowest BCUT2D eigenvalue weighted by molar-refractivity contribution is 0.107. The van der Waals surface area contributed by atoms with Gasteiger partial charge in [-0.3, -0.25) is 4.98 Å². The molecule has 0 aliphatic heterocycles. The van der Waals surface area contributed by atoms with Gasteiger partial charge in [-0.05, 0) is 29.7 Å². The average molecular weight is 309 g/mol. The number of benzene rings is 1. The van der Waals surface area contributed by atoms with Crippen molar-refractivity contribution in [1.82, 2.24) is 4.98 Å². The van der Waals surface area contributed by atoms with Gasteiger partial charge in [-0.2, -0.15) is 0 Å². The number of aliphatic hydroxyl groups is 1. The van der Waals surface area contributed by atoms with E-state index in [9.17, 15) is 5.11 Å². The third kappa shape index (κ3) is 6.59. The Kier molecular flexibility index (Phi) is 7.24. The first-order chi connectivity index (χ1) is 11.3. The second kappa shape index (κ2) is 9.72. The molecule has 0 saturated heterocycles. The van der Waals surface area contributed by atoms with E-state index in [1.807, 2.05) is 49.5 Å². The minimum absolute atomic E-state index is 0.466. The predicted octanol–water partition coefficient (Wildman–Crippen LogP) is 4.05. The highest BCUT2D eigenvalue weighted by atomic mass is 16.5. The summed E-state index contributed by atoms with van der Waals surface area (Å²) in [6, 6.07) is 12.1. The van der Waals surface area contributed by atoms with E-state index >= 15 is 0 Å². The van der Waals surface area contributed by atoms with Crippen LogP contribution in [0, 0.1) is 0 Å². The molecular formula is C20H23NO2. The molecule has 1 unspecified atom stereocenters. The molecule has 0 spiro atoms. The van der Waals surface area contributed by atoms with E-state index < -0.39 is 6.10 Å². The van der Waals surface area contributed by atoms with E-state index in [4.69, 9.17) is 4.74 Å².